The molecule has 1 atom stereocenters. The zero-order valence-corrected chi connectivity index (χ0v) is 21.9. The Morgan fingerprint density at radius 1 is 1.08 bits per heavy atom. The van der Waals surface area contributed by atoms with E-state index in [0.29, 0.717) is 39.4 Å². The highest BCUT2D eigenvalue weighted by atomic mass is 35.5. The molecule has 0 bridgehead atoms. The normalized spacial score (nSPS) is 13.8. The number of benzene rings is 3. The third-order valence-electron chi connectivity index (χ3n) is 7.08. The molecule has 2 amide bonds. The molecule has 8 heteroatoms. The zero-order chi connectivity index (χ0) is 26.8. The van der Waals surface area contributed by atoms with Gasteiger partial charge >= 0.3 is 0 Å². The number of aromatic amines is 1. The summed E-state index contributed by atoms with van der Waals surface area (Å²) in [5, 5.41) is 0.500. The summed E-state index contributed by atoms with van der Waals surface area (Å²) in [6.45, 7) is 2.11. The molecule has 194 valence electrons. The summed E-state index contributed by atoms with van der Waals surface area (Å²) in [4.78, 5) is 44.8. The number of halogens is 1. The van der Waals surface area contributed by atoms with Crippen molar-refractivity contribution < 1.29 is 14.0 Å². The topological polar surface area (TPSA) is 102 Å². The number of H-pyrrole nitrogens is 1. The van der Waals surface area contributed by atoms with Crippen molar-refractivity contribution in [2.75, 3.05) is 6.54 Å². The molecule has 1 aliphatic carbocycles. The Labute approximate surface area is 225 Å². The van der Waals surface area contributed by atoms with E-state index in [9.17, 15) is 14.5 Å². The number of aromatic nitrogens is 2. The van der Waals surface area contributed by atoms with Gasteiger partial charge in [0.1, 0.15) is 11.2 Å². The van der Waals surface area contributed by atoms with Crippen LogP contribution < -0.4 is 10.2 Å². The molecule has 0 spiro atoms. The van der Waals surface area contributed by atoms with E-state index in [0.717, 1.165) is 28.4 Å². The molecule has 0 radical (unpaired) electrons. The molecule has 1 heterocycles. The molecule has 3 aromatic carbocycles. The molecule has 38 heavy (non-hydrogen) atoms. The second kappa shape index (κ2) is 10.8. The lowest BCUT2D eigenvalue weighted by Gasteiger charge is -2.32. The fourth-order valence-electron chi connectivity index (χ4n) is 4.98. The van der Waals surface area contributed by atoms with Crippen molar-refractivity contribution in [2.45, 2.75) is 38.6 Å². The number of nitrogens with two attached hydrogens (primary N) is 1. The number of hydrogen-bond donors (Lipinski definition) is 2. The number of aryl methyl sites for hydroxylation is 1. The van der Waals surface area contributed by atoms with Crippen LogP contribution in [0, 0.1) is 17.7 Å². The third kappa shape index (κ3) is 5.48. The van der Waals surface area contributed by atoms with Gasteiger partial charge in [-0.05, 0) is 55.5 Å². The summed E-state index contributed by atoms with van der Waals surface area (Å²) in [6.07, 6.45) is 2.21. The third-order valence-corrected chi connectivity index (χ3v) is 7.31. The van der Waals surface area contributed by atoms with Crippen molar-refractivity contribution in [1.29, 1.82) is 0 Å². The number of carbonyl (C=O) groups excluding carboxylic acids is 2. The number of nitrogens with one attached hydrogen (secondary N) is 1. The molecule has 3 N–H and O–H groups in total. The van der Waals surface area contributed by atoms with Crippen LogP contribution in [0.5, 0.6) is 0 Å². The summed E-state index contributed by atoms with van der Waals surface area (Å²) >= 11 is 6.29. The van der Waals surface area contributed by atoms with Crippen LogP contribution in [0.3, 0.4) is 0 Å². The number of fused-ring (bicyclic) bond motifs is 1. The van der Waals surface area contributed by atoms with E-state index in [4.69, 9.17) is 17.3 Å². The minimum Gasteiger partial charge on any atom is -0.370 e. The summed E-state index contributed by atoms with van der Waals surface area (Å²) in [5.74, 6) is -0.551. The molecular weight excluding hydrogens is 500 g/mol. The summed E-state index contributed by atoms with van der Waals surface area (Å²) in [6, 6.07) is 21.8. The Kier molecular flexibility index (Phi) is 7.29. The van der Waals surface area contributed by atoms with Gasteiger partial charge in [-0.15, -0.1) is 0 Å². The van der Waals surface area contributed by atoms with Gasteiger partial charge in [-0.3, -0.25) is 9.59 Å². The Hall–Kier alpha value is -3.97. The number of nitrogens with zero attached hydrogens (tertiary/aromatic N) is 2. The van der Waals surface area contributed by atoms with E-state index in [1.165, 1.54) is 0 Å². The van der Waals surface area contributed by atoms with Crippen LogP contribution in [0.4, 0.5) is 0 Å². The van der Waals surface area contributed by atoms with E-state index in [1.54, 1.807) is 35.2 Å². The first-order valence-electron chi connectivity index (χ1n) is 12.8. The van der Waals surface area contributed by atoms with Gasteiger partial charge in [0, 0.05) is 34.5 Å². The van der Waals surface area contributed by atoms with E-state index in [1.807, 2.05) is 49.4 Å². The number of rotatable bonds is 9. The van der Waals surface area contributed by atoms with E-state index in [2.05, 4.69) is 4.98 Å². The largest absolute Gasteiger partial charge is 0.370 e. The zero-order valence-electron chi connectivity index (χ0n) is 21.2. The monoisotopic (exact) mass is 529 g/mol. The minimum absolute atomic E-state index is 0.0195. The highest BCUT2D eigenvalue weighted by molar-refractivity contribution is 6.31. The van der Waals surface area contributed by atoms with Crippen molar-refractivity contribution in [1.82, 2.24) is 9.88 Å². The van der Waals surface area contributed by atoms with E-state index >= 15 is 0 Å². The average Bonchev–Trinajstić information content (AvgIpc) is 3.74. The van der Waals surface area contributed by atoms with E-state index in [-0.39, 0.29) is 24.8 Å². The Balaban J connectivity index is 1.69. The molecule has 1 fully saturated rings. The van der Waals surface area contributed by atoms with Crippen LogP contribution in [0.1, 0.15) is 58.2 Å². The number of primary amides is 1. The van der Waals surface area contributed by atoms with Gasteiger partial charge in [-0.1, -0.05) is 59.6 Å². The first kappa shape index (κ1) is 25.7. The Bertz CT molecular complexity index is 1550. The van der Waals surface area contributed by atoms with Crippen LogP contribution in [-0.2, 0) is 11.2 Å². The van der Waals surface area contributed by atoms with Gasteiger partial charge in [0.2, 0.25) is 5.91 Å². The molecule has 1 aliphatic rings. The number of carbonyl (C=O) groups is 2. The predicted octanol–water partition coefficient (Wildman–Crippen LogP) is 5.10. The highest BCUT2D eigenvalue weighted by Crippen LogP contribution is 2.45. The molecule has 1 unspecified atom stereocenters. The maximum absolute atomic E-state index is 13.9. The summed E-state index contributed by atoms with van der Waals surface area (Å²) < 4.78 is 0.947. The van der Waals surface area contributed by atoms with Crippen LogP contribution >= 0.6 is 11.6 Å². The quantitative estimate of drug-likeness (QED) is 0.295. The minimum atomic E-state index is -0.487. The molecule has 1 aromatic heterocycles. The molecule has 0 aliphatic heterocycles. The Morgan fingerprint density at radius 3 is 2.45 bits per heavy atom. The molecular formula is C30H30ClN4O3+. The van der Waals surface area contributed by atoms with E-state index < -0.39 is 11.9 Å². The van der Waals surface area contributed by atoms with Gasteiger partial charge in [-0.25, -0.2) is 0 Å². The second-order valence-corrected chi connectivity index (χ2v) is 10.4. The summed E-state index contributed by atoms with van der Waals surface area (Å²) in [5.41, 5.74) is 10.3. The lowest BCUT2D eigenvalue weighted by molar-refractivity contribution is -0.475. The van der Waals surface area contributed by atoms with Gasteiger partial charge in [0.25, 0.3) is 17.1 Å². The summed E-state index contributed by atoms with van der Waals surface area (Å²) in [7, 11) is 0. The predicted molar refractivity (Wildman–Crippen MR) is 147 cm³/mol. The van der Waals surface area contributed by atoms with Crippen LogP contribution in [0.2, 0.25) is 5.02 Å². The van der Waals surface area contributed by atoms with Gasteiger partial charge in [0.15, 0.2) is 0 Å². The van der Waals surface area contributed by atoms with Gasteiger partial charge in [0.05, 0.1) is 16.9 Å². The van der Waals surface area contributed by atoms with Crippen molar-refractivity contribution in [3.63, 3.8) is 0 Å². The van der Waals surface area contributed by atoms with Gasteiger partial charge < -0.3 is 15.6 Å². The van der Waals surface area contributed by atoms with Crippen molar-refractivity contribution in [3.8, 4) is 0 Å². The lowest BCUT2D eigenvalue weighted by Crippen LogP contribution is -2.41. The first-order valence-corrected chi connectivity index (χ1v) is 13.2. The lowest BCUT2D eigenvalue weighted by atomic mass is 9.98. The van der Waals surface area contributed by atoms with Gasteiger partial charge in [-0.2, -0.15) is 0 Å². The number of hydrogen-bond acceptors (Lipinski definition) is 3. The molecule has 4 aromatic rings. The van der Waals surface area contributed by atoms with Crippen LogP contribution in [0.25, 0.3) is 11.0 Å². The number of amides is 2. The van der Waals surface area contributed by atoms with Crippen molar-refractivity contribution in [3.05, 3.63) is 111 Å². The molecule has 5 rings (SSSR count). The van der Waals surface area contributed by atoms with Crippen LogP contribution in [0.15, 0.2) is 72.8 Å². The Morgan fingerprint density at radius 2 is 1.79 bits per heavy atom. The van der Waals surface area contributed by atoms with Crippen molar-refractivity contribution >= 4 is 34.4 Å². The maximum Gasteiger partial charge on any atom is 0.286 e. The maximum atomic E-state index is 13.9. The molecule has 0 saturated heterocycles. The first-order chi connectivity index (χ1) is 18.3. The van der Waals surface area contributed by atoms with Crippen molar-refractivity contribution in [2.24, 2.45) is 11.7 Å². The highest BCUT2D eigenvalue weighted by Gasteiger charge is 2.43. The fourth-order valence-corrected chi connectivity index (χ4v) is 5.15. The van der Waals surface area contributed by atoms with Crippen LogP contribution in [-0.4, -0.2) is 28.2 Å². The SMILES string of the molecule is Cc1ccc(C(=O)N(CCC(N)=O)C(c2[nH]c3cc(Cl)ccc3[n+](=O)c2Cc2ccccc2)C2CC2)cc1. The molecule has 7 nitrogen and oxygen atoms in total. The standard InChI is InChI=1S/C30H29ClN4O3/c1-19-7-9-22(10-8-19)30(37)34(16-15-27(32)36)29(21-11-12-21)28-26(17-20-5-3-2-4-6-20)35(38)25-14-13-23(31)18-24(25)33-28/h2-10,13-14,18,21,29H,11-12,15-17H2,1H3,(H2-,32,33,36,38)/p+1. The smallest absolute Gasteiger partial charge is 0.286 e. The fraction of sp³-hybridized carbons (Fsp3) is 0.267. The average molecular weight is 530 g/mol. The molecule has 1 saturated carbocycles. The second-order valence-electron chi connectivity index (χ2n) is 9.97.